The van der Waals surface area contributed by atoms with Crippen LogP contribution in [0.1, 0.15) is 18.1 Å². The van der Waals surface area contributed by atoms with Crippen molar-refractivity contribution in [3.05, 3.63) is 23.3 Å². The molecule has 1 atom stereocenters. The molecule has 0 saturated carbocycles. The summed E-state index contributed by atoms with van der Waals surface area (Å²) in [6.07, 6.45) is 0.507. The zero-order chi connectivity index (χ0) is 12.4. The van der Waals surface area contributed by atoms with Gasteiger partial charge >= 0.3 is 5.97 Å². The molecule has 0 aliphatic carbocycles. The lowest BCUT2D eigenvalue weighted by Crippen LogP contribution is -2.17. The average molecular weight is 236 g/mol. The summed E-state index contributed by atoms with van der Waals surface area (Å²) in [7, 11) is 0. The molecule has 1 N–H and O–H groups in total. The van der Waals surface area contributed by atoms with Gasteiger partial charge in [0.05, 0.1) is 5.92 Å². The molecule has 1 aromatic carbocycles. The average Bonchev–Trinajstić information content (AvgIpc) is 2.29. The van der Waals surface area contributed by atoms with Crippen LogP contribution in [0.15, 0.2) is 12.1 Å². The Hall–Kier alpha value is -1.71. The van der Waals surface area contributed by atoms with Crippen LogP contribution >= 0.6 is 0 Å². The number of carboxylic acids is 1. The number of aliphatic carboxylic acids is 1. The van der Waals surface area contributed by atoms with Crippen LogP contribution in [0.5, 0.6) is 11.5 Å². The lowest BCUT2D eigenvalue weighted by Gasteiger charge is -2.21. The van der Waals surface area contributed by atoms with Gasteiger partial charge in [0, 0.05) is 0 Å². The Bertz CT molecular complexity index is 439. The predicted octanol–water partition coefficient (Wildman–Crippen LogP) is 2.03. The lowest BCUT2D eigenvalue weighted by atomic mass is 9.99. The second-order valence-corrected chi connectivity index (χ2v) is 4.38. The normalized spacial score (nSPS) is 15.4. The van der Waals surface area contributed by atoms with Gasteiger partial charge in [0.2, 0.25) is 0 Å². The first-order valence-corrected chi connectivity index (χ1v) is 5.70. The summed E-state index contributed by atoms with van der Waals surface area (Å²) in [5, 5.41) is 8.90. The van der Waals surface area contributed by atoms with Crippen LogP contribution in [-0.2, 0) is 11.2 Å². The fourth-order valence-corrected chi connectivity index (χ4v) is 1.96. The molecule has 1 unspecified atom stereocenters. The highest BCUT2D eigenvalue weighted by atomic mass is 16.6. The van der Waals surface area contributed by atoms with Gasteiger partial charge in [0.15, 0.2) is 11.5 Å². The maximum atomic E-state index is 10.8. The molecule has 1 heterocycles. The van der Waals surface area contributed by atoms with Gasteiger partial charge in [-0.2, -0.15) is 0 Å². The summed E-state index contributed by atoms with van der Waals surface area (Å²) in [5.74, 6) is 0.335. The van der Waals surface area contributed by atoms with Crippen molar-refractivity contribution in [2.24, 2.45) is 5.92 Å². The van der Waals surface area contributed by atoms with Crippen LogP contribution in [0.3, 0.4) is 0 Å². The van der Waals surface area contributed by atoms with Gasteiger partial charge in [0.1, 0.15) is 13.2 Å². The molecular weight excluding hydrogens is 220 g/mol. The van der Waals surface area contributed by atoms with Crippen molar-refractivity contribution in [3.63, 3.8) is 0 Å². The molecule has 92 valence electrons. The number of ether oxygens (including phenoxy) is 2. The first kappa shape index (κ1) is 11.8. The van der Waals surface area contributed by atoms with Gasteiger partial charge in [-0.3, -0.25) is 4.79 Å². The highest BCUT2D eigenvalue weighted by Crippen LogP contribution is 2.35. The Morgan fingerprint density at radius 1 is 1.41 bits per heavy atom. The summed E-state index contributed by atoms with van der Waals surface area (Å²) in [6.45, 7) is 4.76. The molecular formula is C13H16O4. The molecule has 1 aliphatic heterocycles. The first-order chi connectivity index (χ1) is 8.08. The van der Waals surface area contributed by atoms with E-state index in [9.17, 15) is 4.79 Å². The Labute approximate surface area is 100 Å². The maximum absolute atomic E-state index is 10.8. The van der Waals surface area contributed by atoms with Crippen LogP contribution in [0, 0.1) is 12.8 Å². The summed E-state index contributed by atoms with van der Waals surface area (Å²) in [6, 6.07) is 3.84. The highest BCUT2D eigenvalue weighted by molar-refractivity contribution is 5.70. The monoisotopic (exact) mass is 236 g/mol. The van der Waals surface area contributed by atoms with Crippen LogP contribution in [0.25, 0.3) is 0 Å². The zero-order valence-electron chi connectivity index (χ0n) is 10.0. The van der Waals surface area contributed by atoms with Gasteiger partial charge in [-0.1, -0.05) is 13.0 Å². The van der Waals surface area contributed by atoms with Crippen LogP contribution < -0.4 is 9.47 Å². The van der Waals surface area contributed by atoms with E-state index in [-0.39, 0.29) is 0 Å². The van der Waals surface area contributed by atoms with E-state index < -0.39 is 11.9 Å². The molecule has 4 nitrogen and oxygen atoms in total. The summed E-state index contributed by atoms with van der Waals surface area (Å²) in [5.41, 5.74) is 1.97. The van der Waals surface area contributed by atoms with E-state index in [2.05, 4.69) is 0 Å². The molecule has 1 aliphatic rings. The third-order valence-electron chi connectivity index (χ3n) is 2.85. The number of hydrogen-bond acceptors (Lipinski definition) is 3. The second-order valence-electron chi connectivity index (χ2n) is 4.38. The molecule has 0 saturated heterocycles. The minimum absolute atomic E-state index is 0.392. The highest BCUT2D eigenvalue weighted by Gasteiger charge is 2.18. The standard InChI is InChI=1S/C13H16O4/c1-8-5-10(6-9(2)13(14)15)7-11-12(8)17-4-3-16-11/h5,7,9H,3-4,6H2,1-2H3,(H,14,15). The summed E-state index contributed by atoms with van der Waals surface area (Å²) < 4.78 is 11.0. The fourth-order valence-electron chi connectivity index (χ4n) is 1.96. The van der Waals surface area contributed by atoms with E-state index in [0.29, 0.717) is 19.6 Å². The van der Waals surface area contributed by atoms with Crippen molar-refractivity contribution in [2.75, 3.05) is 13.2 Å². The number of aryl methyl sites for hydroxylation is 1. The van der Waals surface area contributed by atoms with Crippen molar-refractivity contribution in [2.45, 2.75) is 20.3 Å². The van der Waals surface area contributed by atoms with Gasteiger partial charge < -0.3 is 14.6 Å². The molecule has 0 aromatic heterocycles. The SMILES string of the molecule is Cc1cc(CC(C)C(=O)O)cc2c1OCCO2. The Kier molecular flexibility index (Phi) is 3.22. The quantitative estimate of drug-likeness (QED) is 0.872. The van der Waals surface area contributed by atoms with Crippen molar-refractivity contribution in [1.29, 1.82) is 0 Å². The van der Waals surface area contributed by atoms with E-state index in [0.717, 1.165) is 22.6 Å². The number of carbonyl (C=O) groups is 1. The van der Waals surface area contributed by atoms with Crippen LogP contribution in [-0.4, -0.2) is 24.3 Å². The van der Waals surface area contributed by atoms with E-state index in [4.69, 9.17) is 14.6 Å². The van der Waals surface area contributed by atoms with Gasteiger partial charge in [-0.25, -0.2) is 0 Å². The van der Waals surface area contributed by atoms with E-state index >= 15 is 0 Å². The molecule has 1 aromatic rings. The molecule has 0 radical (unpaired) electrons. The second kappa shape index (κ2) is 4.65. The topological polar surface area (TPSA) is 55.8 Å². The maximum Gasteiger partial charge on any atom is 0.306 e. The Morgan fingerprint density at radius 2 is 2.12 bits per heavy atom. The minimum Gasteiger partial charge on any atom is -0.486 e. The van der Waals surface area contributed by atoms with Crippen LogP contribution in [0.4, 0.5) is 0 Å². The molecule has 17 heavy (non-hydrogen) atoms. The van der Waals surface area contributed by atoms with Crippen molar-refractivity contribution in [3.8, 4) is 11.5 Å². The molecule has 0 fully saturated rings. The Morgan fingerprint density at radius 3 is 2.82 bits per heavy atom. The van der Waals surface area contributed by atoms with E-state index in [1.54, 1.807) is 6.92 Å². The van der Waals surface area contributed by atoms with Gasteiger partial charge in [-0.15, -0.1) is 0 Å². The summed E-state index contributed by atoms with van der Waals surface area (Å²) in [4.78, 5) is 10.8. The third-order valence-corrected chi connectivity index (χ3v) is 2.85. The number of rotatable bonds is 3. The Balaban J connectivity index is 2.25. The molecule has 0 amide bonds. The van der Waals surface area contributed by atoms with Gasteiger partial charge in [-0.05, 0) is 30.5 Å². The zero-order valence-corrected chi connectivity index (χ0v) is 10.0. The van der Waals surface area contributed by atoms with E-state index in [1.807, 2.05) is 19.1 Å². The molecule has 2 rings (SSSR count). The molecule has 4 heteroatoms. The largest absolute Gasteiger partial charge is 0.486 e. The number of fused-ring (bicyclic) bond motifs is 1. The van der Waals surface area contributed by atoms with Crippen molar-refractivity contribution < 1.29 is 19.4 Å². The van der Waals surface area contributed by atoms with Gasteiger partial charge in [0.25, 0.3) is 0 Å². The first-order valence-electron chi connectivity index (χ1n) is 5.70. The number of benzene rings is 1. The number of hydrogen-bond donors (Lipinski definition) is 1. The van der Waals surface area contributed by atoms with Crippen LogP contribution in [0.2, 0.25) is 0 Å². The number of carboxylic acid groups (broad SMARTS) is 1. The minimum atomic E-state index is -0.780. The van der Waals surface area contributed by atoms with Crippen molar-refractivity contribution in [1.82, 2.24) is 0 Å². The third kappa shape index (κ3) is 2.52. The molecule has 0 bridgehead atoms. The fraction of sp³-hybridized carbons (Fsp3) is 0.462. The smallest absolute Gasteiger partial charge is 0.306 e. The molecule has 0 spiro atoms. The summed E-state index contributed by atoms with van der Waals surface area (Å²) >= 11 is 0. The van der Waals surface area contributed by atoms with E-state index in [1.165, 1.54) is 0 Å². The van der Waals surface area contributed by atoms with Crippen molar-refractivity contribution >= 4 is 5.97 Å². The lowest BCUT2D eigenvalue weighted by molar-refractivity contribution is -0.141. The predicted molar refractivity (Wildman–Crippen MR) is 62.7 cm³/mol.